The average molecular weight is 350 g/mol. The summed E-state index contributed by atoms with van der Waals surface area (Å²) in [5.74, 6) is 0.728. The summed E-state index contributed by atoms with van der Waals surface area (Å²) in [6.45, 7) is 6.83. The maximum Gasteiger partial charge on any atom is 0.0704 e. The van der Waals surface area contributed by atoms with Gasteiger partial charge >= 0.3 is 0 Å². The zero-order valence-electron chi connectivity index (χ0n) is 11.4. The zero-order chi connectivity index (χ0) is 13.3. The molecule has 0 aliphatic heterocycles. The van der Waals surface area contributed by atoms with Gasteiger partial charge in [-0.25, -0.2) is 0 Å². The molecule has 0 N–H and O–H groups in total. The maximum absolute atomic E-state index is 6.92. The van der Waals surface area contributed by atoms with E-state index in [-0.39, 0.29) is 5.38 Å². The predicted molar refractivity (Wildman–Crippen MR) is 85.7 cm³/mol. The van der Waals surface area contributed by atoms with Gasteiger partial charge in [0.25, 0.3) is 0 Å². The van der Waals surface area contributed by atoms with Crippen LogP contribution in [0.2, 0.25) is 0 Å². The SMILES string of the molecule is Cc1sc(Br)cc1C(Cl)C1(CC(C)C)CCCC1. The van der Waals surface area contributed by atoms with E-state index < -0.39 is 0 Å². The summed E-state index contributed by atoms with van der Waals surface area (Å²) < 4.78 is 1.21. The van der Waals surface area contributed by atoms with Gasteiger partial charge in [-0.2, -0.15) is 0 Å². The zero-order valence-corrected chi connectivity index (χ0v) is 14.6. The lowest BCUT2D eigenvalue weighted by Crippen LogP contribution is -2.24. The molecular formula is C15H22BrClS. The first-order valence-electron chi connectivity index (χ1n) is 6.84. The van der Waals surface area contributed by atoms with Gasteiger partial charge in [-0.05, 0) is 65.1 Å². The first-order chi connectivity index (χ1) is 8.44. The second kappa shape index (κ2) is 5.85. The molecule has 1 saturated carbocycles. The fourth-order valence-electron chi connectivity index (χ4n) is 3.49. The first kappa shape index (κ1) is 14.9. The van der Waals surface area contributed by atoms with Gasteiger partial charge in [-0.1, -0.05) is 26.7 Å². The topological polar surface area (TPSA) is 0 Å². The summed E-state index contributed by atoms with van der Waals surface area (Å²) in [5.41, 5.74) is 1.69. The van der Waals surface area contributed by atoms with Gasteiger partial charge in [0.05, 0.1) is 9.16 Å². The van der Waals surface area contributed by atoms with Crippen LogP contribution in [0.4, 0.5) is 0 Å². The molecular weight excluding hydrogens is 328 g/mol. The summed E-state index contributed by atoms with van der Waals surface area (Å²) in [4.78, 5) is 1.37. The summed E-state index contributed by atoms with van der Waals surface area (Å²) in [6, 6.07) is 2.23. The fourth-order valence-corrected chi connectivity index (χ4v) is 5.84. The molecule has 1 unspecified atom stereocenters. The lowest BCUT2D eigenvalue weighted by molar-refractivity contribution is 0.223. The number of thiophene rings is 1. The van der Waals surface area contributed by atoms with Crippen LogP contribution in [0.5, 0.6) is 0 Å². The normalized spacial score (nSPS) is 20.6. The van der Waals surface area contributed by atoms with Crippen molar-refractivity contribution in [1.29, 1.82) is 0 Å². The minimum Gasteiger partial charge on any atom is -0.133 e. The second-order valence-corrected chi connectivity index (χ2v) is 9.16. The van der Waals surface area contributed by atoms with Crippen LogP contribution in [0.3, 0.4) is 0 Å². The van der Waals surface area contributed by atoms with E-state index in [1.165, 1.54) is 46.3 Å². The van der Waals surface area contributed by atoms with Crippen molar-refractivity contribution < 1.29 is 0 Å². The average Bonchev–Trinajstić information content (AvgIpc) is 2.84. The van der Waals surface area contributed by atoms with Crippen LogP contribution in [0.15, 0.2) is 9.85 Å². The van der Waals surface area contributed by atoms with Crippen molar-refractivity contribution in [3.63, 3.8) is 0 Å². The van der Waals surface area contributed by atoms with Crippen molar-refractivity contribution in [1.82, 2.24) is 0 Å². The van der Waals surface area contributed by atoms with Crippen LogP contribution in [-0.2, 0) is 0 Å². The molecule has 1 atom stereocenters. The van der Waals surface area contributed by atoms with E-state index in [0.717, 1.165) is 5.92 Å². The smallest absolute Gasteiger partial charge is 0.0704 e. The third kappa shape index (κ3) is 2.96. The van der Waals surface area contributed by atoms with Crippen LogP contribution in [0.1, 0.15) is 61.8 Å². The molecule has 1 fully saturated rings. The highest BCUT2D eigenvalue weighted by atomic mass is 79.9. The molecule has 3 heteroatoms. The molecule has 1 aromatic rings. The van der Waals surface area contributed by atoms with Crippen LogP contribution in [0.25, 0.3) is 0 Å². The van der Waals surface area contributed by atoms with Gasteiger partial charge < -0.3 is 0 Å². The molecule has 18 heavy (non-hydrogen) atoms. The van der Waals surface area contributed by atoms with Gasteiger partial charge in [0.15, 0.2) is 0 Å². The first-order valence-corrected chi connectivity index (χ1v) is 8.89. The van der Waals surface area contributed by atoms with E-state index in [0.29, 0.717) is 5.41 Å². The molecule has 0 nitrogen and oxygen atoms in total. The van der Waals surface area contributed by atoms with Crippen molar-refractivity contribution in [2.24, 2.45) is 11.3 Å². The van der Waals surface area contributed by atoms with E-state index in [9.17, 15) is 0 Å². The molecule has 0 saturated heterocycles. The van der Waals surface area contributed by atoms with Gasteiger partial charge in [-0.3, -0.25) is 0 Å². The minimum absolute atomic E-state index is 0.185. The van der Waals surface area contributed by atoms with Crippen molar-refractivity contribution in [3.05, 3.63) is 20.3 Å². The lowest BCUT2D eigenvalue weighted by Gasteiger charge is -2.36. The van der Waals surface area contributed by atoms with E-state index >= 15 is 0 Å². The molecule has 1 heterocycles. The number of rotatable bonds is 4. The fraction of sp³-hybridized carbons (Fsp3) is 0.733. The summed E-state index contributed by atoms with van der Waals surface area (Å²) in [6.07, 6.45) is 6.55. The monoisotopic (exact) mass is 348 g/mol. The Morgan fingerprint density at radius 2 is 2.00 bits per heavy atom. The van der Waals surface area contributed by atoms with Crippen LogP contribution in [0, 0.1) is 18.3 Å². The lowest BCUT2D eigenvalue weighted by atomic mass is 9.74. The van der Waals surface area contributed by atoms with E-state index in [2.05, 4.69) is 42.8 Å². The Bertz CT molecular complexity index is 405. The predicted octanol–water partition coefficient (Wildman–Crippen LogP) is 6.71. The highest BCUT2D eigenvalue weighted by Crippen LogP contribution is 2.55. The van der Waals surface area contributed by atoms with Crippen LogP contribution in [-0.4, -0.2) is 0 Å². The largest absolute Gasteiger partial charge is 0.133 e. The number of aryl methyl sites for hydroxylation is 1. The Morgan fingerprint density at radius 1 is 1.39 bits per heavy atom. The van der Waals surface area contributed by atoms with Crippen molar-refractivity contribution in [2.45, 2.75) is 58.3 Å². The van der Waals surface area contributed by atoms with Crippen LogP contribution >= 0.6 is 38.9 Å². The minimum atomic E-state index is 0.185. The number of hydrogen-bond donors (Lipinski definition) is 0. The quantitative estimate of drug-likeness (QED) is 0.530. The summed E-state index contributed by atoms with van der Waals surface area (Å²) in [7, 11) is 0. The van der Waals surface area contributed by atoms with Gasteiger partial charge in [0.2, 0.25) is 0 Å². The molecule has 0 aromatic carbocycles. The maximum atomic E-state index is 6.92. The third-order valence-corrected chi connectivity index (χ3v) is 6.42. The van der Waals surface area contributed by atoms with E-state index in [4.69, 9.17) is 11.6 Å². The number of hydrogen-bond acceptors (Lipinski definition) is 1. The van der Waals surface area contributed by atoms with Gasteiger partial charge in [0.1, 0.15) is 0 Å². The Hall–Kier alpha value is 0.470. The molecule has 0 spiro atoms. The Morgan fingerprint density at radius 3 is 2.44 bits per heavy atom. The Balaban J connectivity index is 2.28. The van der Waals surface area contributed by atoms with Crippen molar-refractivity contribution >= 4 is 38.9 Å². The molecule has 0 amide bonds. The van der Waals surface area contributed by atoms with Gasteiger partial charge in [-0.15, -0.1) is 22.9 Å². The molecule has 102 valence electrons. The Kier molecular flexibility index (Phi) is 4.83. The molecule has 1 aromatic heterocycles. The van der Waals surface area contributed by atoms with E-state index in [1.807, 2.05) is 0 Å². The summed E-state index contributed by atoms with van der Waals surface area (Å²) >= 11 is 12.3. The molecule has 1 aliphatic rings. The second-order valence-electron chi connectivity index (χ2n) is 6.09. The summed E-state index contributed by atoms with van der Waals surface area (Å²) in [5, 5.41) is 0.185. The van der Waals surface area contributed by atoms with E-state index in [1.54, 1.807) is 11.3 Å². The highest BCUT2D eigenvalue weighted by molar-refractivity contribution is 9.11. The van der Waals surface area contributed by atoms with Gasteiger partial charge in [0, 0.05) is 4.88 Å². The number of halogens is 2. The molecule has 2 rings (SSSR count). The van der Waals surface area contributed by atoms with Crippen molar-refractivity contribution in [3.8, 4) is 0 Å². The standard InChI is InChI=1S/C15H22BrClS/c1-10(2)9-15(6-4-5-7-15)14(17)12-8-13(16)18-11(12)3/h8,10,14H,4-7,9H2,1-3H3. The Labute approximate surface area is 128 Å². The highest BCUT2D eigenvalue weighted by Gasteiger charge is 2.42. The number of alkyl halides is 1. The van der Waals surface area contributed by atoms with Crippen molar-refractivity contribution in [2.75, 3.05) is 0 Å². The molecule has 0 bridgehead atoms. The molecule has 1 aliphatic carbocycles. The van der Waals surface area contributed by atoms with Crippen LogP contribution < -0.4 is 0 Å². The molecule has 0 radical (unpaired) electrons. The third-order valence-electron chi connectivity index (χ3n) is 4.15.